The highest BCUT2D eigenvalue weighted by Gasteiger charge is 2.46. The maximum atomic E-state index is 10.4. The van der Waals surface area contributed by atoms with E-state index in [9.17, 15) is 5.11 Å². The predicted octanol–water partition coefficient (Wildman–Crippen LogP) is 3.91. The summed E-state index contributed by atoms with van der Waals surface area (Å²) in [7, 11) is 4.13. The second-order valence-electron chi connectivity index (χ2n) is 8.08. The topological polar surface area (TPSA) is 26.7 Å². The van der Waals surface area contributed by atoms with Gasteiger partial charge in [-0.25, -0.2) is 0 Å². The Morgan fingerprint density at radius 1 is 1.00 bits per heavy atom. The largest absolute Gasteiger partial charge is 0.396 e. The van der Waals surface area contributed by atoms with E-state index in [1.54, 1.807) is 0 Å². The fourth-order valence-corrected chi connectivity index (χ4v) is 5.18. The highest BCUT2D eigenvalue weighted by Crippen LogP contribution is 2.51. The molecule has 3 unspecified atom stereocenters. The van der Waals surface area contributed by atoms with Gasteiger partial charge in [-0.1, -0.05) is 42.5 Å². The van der Waals surface area contributed by atoms with Crippen molar-refractivity contribution in [1.82, 2.24) is 4.90 Å². The Morgan fingerprint density at radius 2 is 1.65 bits per heavy atom. The van der Waals surface area contributed by atoms with Crippen molar-refractivity contribution in [3.63, 3.8) is 0 Å². The van der Waals surface area contributed by atoms with E-state index in [0.717, 1.165) is 0 Å². The first-order valence-corrected chi connectivity index (χ1v) is 9.86. The highest BCUT2D eigenvalue weighted by molar-refractivity contribution is 5.47. The molecule has 26 heavy (non-hydrogen) atoms. The second kappa shape index (κ2) is 7.42. The van der Waals surface area contributed by atoms with Crippen molar-refractivity contribution in [3.05, 3.63) is 65.7 Å². The van der Waals surface area contributed by atoms with Crippen LogP contribution in [0.25, 0.3) is 0 Å². The number of benzene rings is 2. The van der Waals surface area contributed by atoms with Crippen molar-refractivity contribution in [2.24, 2.45) is 11.8 Å². The highest BCUT2D eigenvalue weighted by atomic mass is 16.3. The van der Waals surface area contributed by atoms with Crippen molar-refractivity contribution >= 4 is 5.69 Å². The summed E-state index contributed by atoms with van der Waals surface area (Å²) in [5.41, 5.74) is 3.89. The number of hydrogen-bond donors (Lipinski definition) is 1. The predicted molar refractivity (Wildman–Crippen MR) is 108 cm³/mol. The van der Waals surface area contributed by atoms with Crippen LogP contribution in [0.5, 0.6) is 0 Å². The molecule has 0 aliphatic carbocycles. The molecule has 3 heteroatoms. The van der Waals surface area contributed by atoms with Gasteiger partial charge in [0.15, 0.2) is 0 Å². The first-order chi connectivity index (χ1) is 12.7. The zero-order chi connectivity index (χ0) is 18.1. The van der Waals surface area contributed by atoms with E-state index in [1.165, 1.54) is 42.7 Å². The Balaban J connectivity index is 1.69. The molecule has 3 saturated heterocycles. The van der Waals surface area contributed by atoms with Crippen LogP contribution in [0.2, 0.25) is 0 Å². The van der Waals surface area contributed by atoms with E-state index in [4.69, 9.17) is 0 Å². The number of anilines is 1. The summed E-state index contributed by atoms with van der Waals surface area (Å²) in [6.45, 7) is 2.61. The normalized spacial score (nSPS) is 28.7. The maximum absolute atomic E-state index is 10.4. The third-order valence-electron chi connectivity index (χ3n) is 6.52. The Kier molecular flexibility index (Phi) is 5.01. The van der Waals surface area contributed by atoms with E-state index in [-0.39, 0.29) is 12.5 Å². The van der Waals surface area contributed by atoms with Gasteiger partial charge >= 0.3 is 0 Å². The quantitative estimate of drug-likeness (QED) is 0.886. The van der Waals surface area contributed by atoms with Crippen LogP contribution in [0.3, 0.4) is 0 Å². The Morgan fingerprint density at radius 3 is 2.23 bits per heavy atom. The summed E-state index contributed by atoms with van der Waals surface area (Å²) in [6, 6.07) is 20.1. The Labute approximate surface area is 157 Å². The third-order valence-corrected chi connectivity index (χ3v) is 6.52. The zero-order valence-corrected chi connectivity index (χ0v) is 15.9. The summed E-state index contributed by atoms with van der Waals surface area (Å²) >= 11 is 0. The molecule has 138 valence electrons. The van der Waals surface area contributed by atoms with Crippen LogP contribution in [0, 0.1) is 11.8 Å². The van der Waals surface area contributed by atoms with Crippen LogP contribution in [-0.4, -0.2) is 43.8 Å². The molecule has 3 nitrogen and oxygen atoms in total. The lowest BCUT2D eigenvalue weighted by Crippen LogP contribution is -2.51. The second-order valence-corrected chi connectivity index (χ2v) is 8.08. The van der Waals surface area contributed by atoms with Gasteiger partial charge in [-0.3, -0.25) is 4.90 Å². The van der Waals surface area contributed by atoms with Crippen LogP contribution >= 0.6 is 0 Å². The molecule has 3 heterocycles. The number of aliphatic hydroxyl groups is 1. The molecule has 0 spiro atoms. The van der Waals surface area contributed by atoms with Gasteiger partial charge in [0.2, 0.25) is 0 Å². The molecular formula is C23H30N2O. The van der Waals surface area contributed by atoms with Gasteiger partial charge in [-0.05, 0) is 61.0 Å². The van der Waals surface area contributed by atoms with E-state index < -0.39 is 0 Å². The smallest absolute Gasteiger partial charge is 0.0503 e. The van der Waals surface area contributed by atoms with Crippen LogP contribution in [0.1, 0.15) is 35.9 Å². The molecule has 0 aromatic heterocycles. The van der Waals surface area contributed by atoms with Crippen LogP contribution in [0.15, 0.2) is 54.6 Å². The number of fused-ring (bicyclic) bond motifs is 3. The number of nitrogens with zero attached hydrogens (tertiary/aromatic N) is 2. The summed E-state index contributed by atoms with van der Waals surface area (Å²) in [5, 5.41) is 10.4. The minimum absolute atomic E-state index is 0.199. The first kappa shape index (κ1) is 17.6. The van der Waals surface area contributed by atoms with Crippen molar-refractivity contribution in [2.45, 2.75) is 24.8 Å². The molecule has 2 aromatic carbocycles. The van der Waals surface area contributed by atoms with E-state index in [1.807, 2.05) is 0 Å². The lowest BCUT2D eigenvalue weighted by atomic mass is 9.65. The molecular weight excluding hydrogens is 320 g/mol. The van der Waals surface area contributed by atoms with Crippen LogP contribution < -0.4 is 4.90 Å². The molecule has 3 aliphatic rings. The Bertz CT molecular complexity index is 705. The SMILES string of the molecule is CN(C)c1ccc(C(CO)C2C3CCN(CC3)C2c2ccccc2)cc1. The van der Waals surface area contributed by atoms with Crippen molar-refractivity contribution < 1.29 is 5.11 Å². The molecule has 3 fully saturated rings. The average Bonchev–Trinajstić information content (AvgIpc) is 2.70. The van der Waals surface area contributed by atoms with Gasteiger partial charge in [-0.15, -0.1) is 0 Å². The minimum Gasteiger partial charge on any atom is -0.396 e. The van der Waals surface area contributed by atoms with Gasteiger partial charge in [0, 0.05) is 31.7 Å². The fourth-order valence-electron chi connectivity index (χ4n) is 5.18. The average molecular weight is 351 g/mol. The van der Waals surface area contributed by atoms with E-state index in [0.29, 0.717) is 17.9 Å². The molecule has 3 atom stereocenters. The number of hydrogen-bond acceptors (Lipinski definition) is 3. The van der Waals surface area contributed by atoms with Crippen molar-refractivity contribution in [2.75, 3.05) is 38.7 Å². The van der Waals surface area contributed by atoms with Gasteiger partial charge in [0.25, 0.3) is 0 Å². The van der Waals surface area contributed by atoms with Gasteiger partial charge in [0.05, 0.1) is 6.61 Å². The number of aliphatic hydroxyl groups excluding tert-OH is 1. The lowest BCUT2D eigenvalue weighted by molar-refractivity contribution is -0.0327. The standard InChI is InChI=1S/C23H30N2O/c1-24(2)20-10-8-17(9-11-20)21(16-26)22-18-12-14-25(15-13-18)23(22)19-6-4-3-5-7-19/h3-11,18,21-23,26H,12-16H2,1-2H3. The first-order valence-electron chi connectivity index (χ1n) is 9.86. The molecule has 2 aromatic rings. The molecule has 5 rings (SSSR count). The Hall–Kier alpha value is -1.84. The maximum Gasteiger partial charge on any atom is 0.0503 e. The summed E-state index contributed by atoms with van der Waals surface area (Å²) in [6.07, 6.45) is 2.53. The fraction of sp³-hybridized carbons (Fsp3) is 0.478. The third kappa shape index (κ3) is 3.15. The molecule has 0 saturated carbocycles. The van der Waals surface area contributed by atoms with Crippen molar-refractivity contribution in [3.8, 4) is 0 Å². The molecule has 1 N–H and O–H groups in total. The molecule has 0 radical (unpaired) electrons. The molecule has 2 bridgehead atoms. The number of piperidine rings is 3. The van der Waals surface area contributed by atoms with Crippen LogP contribution in [-0.2, 0) is 0 Å². The lowest BCUT2D eigenvalue weighted by Gasteiger charge is -2.53. The van der Waals surface area contributed by atoms with Crippen LogP contribution in [0.4, 0.5) is 5.69 Å². The summed E-state index contributed by atoms with van der Waals surface area (Å²) in [5.74, 6) is 1.38. The summed E-state index contributed by atoms with van der Waals surface area (Å²) in [4.78, 5) is 4.77. The van der Waals surface area contributed by atoms with Gasteiger partial charge < -0.3 is 10.0 Å². The zero-order valence-electron chi connectivity index (χ0n) is 15.9. The van der Waals surface area contributed by atoms with E-state index in [2.05, 4.69) is 78.5 Å². The van der Waals surface area contributed by atoms with Gasteiger partial charge in [-0.2, -0.15) is 0 Å². The monoisotopic (exact) mass is 350 g/mol. The molecule has 0 amide bonds. The van der Waals surface area contributed by atoms with E-state index >= 15 is 0 Å². The molecule has 3 aliphatic heterocycles. The number of rotatable bonds is 5. The minimum atomic E-state index is 0.199. The summed E-state index contributed by atoms with van der Waals surface area (Å²) < 4.78 is 0. The van der Waals surface area contributed by atoms with Gasteiger partial charge in [0.1, 0.15) is 0 Å². The van der Waals surface area contributed by atoms with Crippen molar-refractivity contribution in [1.29, 1.82) is 0 Å².